The van der Waals surface area contributed by atoms with Gasteiger partial charge in [0.15, 0.2) is 0 Å². The zero-order valence-electron chi connectivity index (χ0n) is 7.25. The molecule has 5 heteroatoms. The summed E-state index contributed by atoms with van der Waals surface area (Å²) in [6, 6.07) is 7.07. The second-order valence-corrected chi connectivity index (χ2v) is 3.89. The first-order valence-corrected chi connectivity index (χ1v) is 5.21. The summed E-state index contributed by atoms with van der Waals surface area (Å²) in [5.74, 6) is 0.735. The van der Waals surface area contributed by atoms with Crippen LogP contribution in [0.4, 0.5) is 0 Å². The Morgan fingerprint density at radius 2 is 1.71 bits per heavy atom. The van der Waals surface area contributed by atoms with Crippen LogP contribution >= 0.6 is 34.8 Å². The van der Waals surface area contributed by atoms with Crippen LogP contribution < -0.4 is 4.74 Å². The Kier molecular flexibility index (Phi) is 5.41. The molecule has 0 radical (unpaired) electrons. The van der Waals surface area contributed by atoms with Gasteiger partial charge >= 0.3 is 0 Å². The van der Waals surface area contributed by atoms with Crippen LogP contribution in [-0.2, 0) is 4.74 Å². The Balaban J connectivity index is 2.21. The van der Waals surface area contributed by atoms with E-state index < -0.39 is 5.02 Å². The minimum absolute atomic E-state index is 0.348. The maximum atomic E-state index is 5.70. The van der Waals surface area contributed by atoms with Crippen LogP contribution in [0.2, 0.25) is 5.02 Å². The van der Waals surface area contributed by atoms with E-state index in [1.165, 1.54) is 0 Å². The minimum Gasteiger partial charge on any atom is -0.491 e. The number of alkyl halides is 2. The monoisotopic (exact) mass is 254 g/mol. The zero-order valence-corrected chi connectivity index (χ0v) is 9.52. The molecule has 0 saturated carbocycles. The lowest BCUT2D eigenvalue weighted by molar-refractivity contribution is 0.115. The van der Waals surface area contributed by atoms with Crippen molar-refractivity contribution < 1.29 is 9.47 Å². The van der Waals surface area contributed by atoms with Crippen molar-refractivity contribution in [1.82, 2.24) is 0 Å². The van der Waals surface area contributed by atoms with Crippen molar-refractivity contribution >= 4 is 34.8 Å². The van der Waals surface area contributed by atoms with Crippen molar-refractivity contribution in [1.29, 1.82) is 0 Å². The first-order valence-electron chi connectivity index (χ1n) is 3.96. The van der Waals surface area contributed by atoms with Crippen LogP contribution in [0.15, 0.2) is 24.3 Å². The average Bonchev–Trinajstić information content (AvgIpc) is 2.15. The first-order chi connectivity index (χ1) is 6.68. The van der Waals surface area contributed by atoms with Crippen molar-refractivity contribution in [3.05, 3.63) is 29.3 Å². The van der Waals surface area contributed by atoms with E-state index in [0.29, 0.717) is 18.2 Å². The van der Waals surface area contributed by atoms with Crippen LogP contribution in [-0.4, -0.2) is 18.2 Å². The number of benzene rings is 1. The predicted octanol–water partition coefficient (Wildman–Crippen LogP) is 3.50. The molecule has 0 aliphatic heterocycles. The third-order valence-electron chi connectivity index (χ3n) is 1.41. The molecule has 0 amide bonds. The van der Waals surface area contributed by atoms with Crippen molar-refractivity contribution in [3.63, 3.8) is 0 Å². The van der Waals surface area contributed by atoms with Gasteiger partial charge in [-0.1, -0.05) is 34.8 Å². The number of hydrogen-bond donors (Lipinski definition) is 0. The van der Waals surface area contributed by atoms with Gasteiger partial charge in [-0.3, -0.25) is 0 Å². The van der Waals surface area contributed by atoms with E-state index >= 15 is 0 Å². The van der Waals surface area contributed by atoms with E-state index in [2.05, 4.69) is 0 Å². The molecule has 1 aromatic rings. The quantitative estimate of drug-likeness (QED) is 0.592. The topological polar surface area (TPSA) is 18.5 Å². The van der Waals surface area contributed by atoms with Crippen LogP contribution in [0.3, 0.4) is 0 Å². The average molecular weight is 256 g/mol. The summed E-state index contributed by atoms with van der Waals surface area (Å²) < 4.78 is 10.2. The first kappa shape index (κ1) is 11.9. The van der Waals surface area contributed by atoms with Gasteiger partial charge in [0.05, 0.1) is 6.61 Å². The highest BCUT2D eigenvalue weighted by atomic mass is 35.5. The lowest BCUT2D eigenvalue weighted by Crippen LogP contribution is -2.08. The van der Waals surface area contributed by atoms with Crippen LogP contribution in [0, 0.1) is 0 Å². The van der Waals surface area contributed by atoms with E-state index in [0.717, 1.165) is 5.75 Å². The lowest BCUT2D eigenvalue weighted by atomic mass is 10.3. The Bertz CT molecular complexity index is 261. The molecule has 14 heavy (non-hydrogen) atoms. The summed E-state index contributed by atoms with van der Waals surface area (Å²) in [5.41, 5.74) is 0. The van der Waals surface area contributed by atoms with Gasteiger partial charge in [-0.15, -0.1) is 0 Å². The molecule has 0 N–H and O–H groups in total. The van der Waals surface area contributed by atoms with Gasteiger partial charge in [-0.25, -0.2) is 0 Å². The van der Waals surface area contributed by atoms with Gasteiger partial charge in [0.2, 0.25) is 5.02 Å². The van der Waals surface area contributed by atoms with Gasteiger partial charge in [0, 0.05) is 5.02 Å². The molecule has 0 aliphatic rings. The number of rotatable bonds is 5. The predicted molar refractivity (Wildman–Crippen MR) is 58.4 cm³/mol. The van der Waals surface area contributed by atoms with E-state index in [9.17, 15) is 0 Å². The Morgan fingerprint density at radius 1 is 1.07 bits per heavy atom. The van der Waals surface area contributed by atoms with Crippen molar-refractivity contribution in [2.24, 2.45) is 0 Å². The zero-order chi connectivity index (χ0) is 10.4. The Morgan fingerprint density at radius 3 is 2.29 bits per heavy atom. The largest absolute Gasteiger partial charge is 0.491 e. The molecule has 78 valence electrons. The van der Waals surface area contributed by atoms with E-state index in [4.69, 9.17) is 44.3 Å². The van der Waals surface area contributed by atoms with Gasteiger partial charge < -0.3 is 9.47 Å². The summed E-state index contributed by atoms with van der Waals surface area (Å²) in [6.07, 6.45) is 0. The molecule has 0 bridgehead atoms. The highest BCUT2D eigenvalue weighted by Crippen LogP contribution is 2.15. The van der Waals surface area contributed by atoms with Gasteiger partial charge in [0.1, 0.15) is 12.4 Å². The van der Waals surface area contributed by atoms with E-state index in [-0.39, 0.29) is 0 Å². The van der Waals surface area contributed by atoms with Crippen molar-refractivity contribution in [2.45, 2.75) is 5.02 Å². The lowest BCUT2D eigenvalue weighted by Gasteiger charge is -2.07. The van der Waals surface area contributed by atoms with Crippen LogP contribution in [0.5, 0.6) is 5.75 Å². The van der Waals surface area contributed by atoms with Gasteiger partial charge in [-0.05, 0) is 24.3 Å². The molecule has 1 rings (SSSR count). The summed E-state index contributed by atoms with van der Waals surface area (Å²) in [7, 11) is 0. The molecule has 0 saturated heterocycles. The summed E-state index contributed by atoms with van der Waals surface area (Å²) >= 11 is 16.4. The summed E-state index contributed by atoms with van der Waals surface area (Å²) in [4.78, 5) is 0. The Labute approximate surface area is 97.7 Å². The van der Waals surface area contributed by atoms with Crippen molar-refractivity contribution in [3.8, 4) is 5.75 Å². The summed E-state index contributed by atoms with van der Waals surface area (Å²) in [5, 5.41) is -0.126. The molecular weight excluding hydrogens is 246 g/mol. The fourth-order valence-corrected chi connectivity index (χ4v) is 1.13. The van der Waals surface area contributed by atoms with E-state index in [1.54, 1.807) is 24.3 Å². The molecule has 0 atom stereocenters. The maximum absolute atomic E-state index is 5.70. The molecule has 0 heterocycles. The van der Waals surface area contributed by atoms with Crippen LogP contribution in [0.25, 0.3) is 0 Å². The molecule has 2 nitrogen and oxygen atoms in total. The molecule has 0 aromatic heterocycles. The third kappa shape index (κ3) is 4.91. The normalized spacial score (nSPS) is 10.6. The molecule has 1 aromatic carbocycles. The molecular formula is C9H9Cl3O2. The van der Waals surface area contributed by atoms with E-state index in [1.807, 2.05) is 0 Å². The second-order valence-electron chi connectivity index (χ2n) is 2.43. The smallest absolute Gasteiger partial charge is 0.206 e. The van der Waals surface area contributed by atoms with Crippen LogP contribution in [0.1, 0.15) is 0 Å². The number of halogens is 3. The Hall–Kier alpha value is -0.150. The molecule has 0 fully saturated rings. The number of hydrogen-bond acceptors (Lipinski definition) is 2. The summed E-state index contributed by atoms with van der Waals surface area (Å²) in [6.45, 7) is 0.748. The molecule has 0 spiro atoms. The maximum Gasteiger partial charge on any atom is 0.206 e. The fourth-order valence-electron chi connectivity index (χ4n) is 0.828. The molecule has 0 unspecified atom stereocenters. The minimum atomic E-state index is -0.802. The second kappa shape index (κ2) is 6.36. The highest BCUT2D eigenvalue weighted by molar-refractivity contribution is 6.43. The number of ether oxygens (including phenoxy) is 2. The third-order valence-corrected chi connectivity index (χ3v) is 1.91. The molecule has 0 aliphatic carbocycles. The fraction of sp³-hybridized carbons (Fsp3) is 0.333. The van der Waals surface area contributed by atoms with Gasteiger partial charge in [0.25, 0.3) is 0 Å². The van der Waals surface area contributed by atoms with Gasteiger partial charge in [-0.2, -0.15) is 0 Å². The highest BCUT2D eigenvalue weighted by Gasteiger charge is 1.98. The standard InChI is InChI=1S/C9H9Cl3O2/c10-7-1-3-8(4-2-7)13-5-6-14-9(11)12/h1-4,9H,5-6H2. The SMILES string of the molecule is Clc1ccc(OCCOC(Cl)Cl)cc1. The van der Waals surface area contributed by atoms with Crippen molar-refractivity contribution in [2.75, 3.05) is 13.2 Å².